The molecule has 0 radical (unpaired) electrons. The average Bonchev–Trinajstić information content (AvgIpc) is 2.70. The number of halogens is 1. The Hall–Kier alpha value is -2.24. The molecule has 1 atom stereocenters. The summed E-state index contributed by atoms with van der Waals surface area (Å²) >= 11 is 0. The number of nitro benzene ring substituents is 1. The second kappa shape index (κ2) is 4.56. The van der Waals surface area contributed by atoms with Crippen molar-refractivity contribution >= 4 is 17.3 Å². The molecule has 1 aromatic rings. The molecule has 1 fully saturated rings. The molecule has 0 aliphatic carbocycles. The van der Waals surface area contributed by atoms with Crippen molar-refractivity contribution in [1.29, 1.82) is 0 Å². The standard InChI is InChI=1S/C12H11FN2O3/c1-2-8-5-12(16)14(7-8)11-4-3-9(15(17)18)6-10(11)13/h2-4,6,8H,1,5,7H2. The van der Waals surface area contributed by atoms with Crippen LogP contribution in [0.5, 0.6) is 0 Å². The SMILES string of the molecule is C=CC1CC(=O)N(c2ccc([N+](=O)[O-])cc2F)C1. The second-order valence-corrected chi connectivity index (χ2v) is 4.10. The monoisotopic (exact) mass is 250 g/mol. The van der Waals surface area contributed by atoms with E-state index in [-0.39, 0.29) is 23.2 Å². The number of hydrogen-bond acceptors (Lipinski definition) is 3. The Bertz CT molecular complexity index is 530. The quantitative estimate of drug-likeness (QED) is 0.469. The van der Waals surface area contributed by atoms with Crippen LogP contribution in [0, 0.1) is 21.8 Å². The van der Waals surface area contributed by atoms with E-state index in [9.17, 15) is 19.3 Å². The molecule has 0 saturated carbocycles. The third kappa shape index (κ3) is 2.09. The first-order chi connectivity index (χ1) is 8.52. The van der Waals surface area contributed by atoms with Crippen LogP contribution >= 0.6 is 0 Å². The first-order valence-electron chi connectivity index (χ1n) is 5.39. The summed E-state index contributed by atoms with van der Waals surface area (Å²) in [5, 5.41) is 10.5. The molecule has 0 bridgehead atoms. The second-order valence-electron chi connectivity index (χ2n) is 4.10. The molecule has 1 unspecified atom stereocenters. The van der Waals surface area contributed by atoms with Crippen LogP contribution in [0.1, 0.15) is 6.42 Å². The van der Waals surface area contributed by atoms with Crippen LogP contribution < -0.4 is 4.90 Å². The van der Waals surface area contributed by atoms with Gasteiger partial charge in [0, 0.05) is 24.9 Å². The van der Waals surface area contributed by atoms with E-state index in [1.54, 1.807) is 6.08 Å². The maximum atomic E-state index is 13.7. The lowest BCUT2D eigenvalue weighted by molar-refractivity contribution is -0.385. The van der Waals surface area contributed by atoms with E-state index in [0.29, 0.717) is 13.0 Å². The summed E-state index contributed by atoms with van der Waals surface area (Å²) in [7, 11) is 0. The zero-order valence-corrected chi connectivity index (χ0v) is 9.51. The molecule has 1 amide bonds. The molecule has 18 heavy (non-hydrogen) atoms. The highest BCUT2D eigenvalue weighted by molar-refractivity contribution is 5.96. The largest absolute Gasteiger partial charge is 0.309 e. The number of non-ortho nitro benzene ring substituents is 1. The first-order valence-corrected chi connectivity index (χ1v) is 5.39. The van der Waals surface area contributed by atoms with Crippen molar-refractivity contribution in [1.82, 2.24) is 0 Å². The molecule has 0 spiro atoms. The minimum absolute atomic E-state index is 0.00732. The third-order valence-electron chi connectivity index (χ3n) is 2.92. The number of nitro groups is 1. The number of amides is 1. The van der Waals surface area contributed by atoms with E-state index in [0.717, 1.165) is 6.07 Å². The molecule has 6 heteroatoms. The molecule has 1 saturated heterocycles. The minimum Gasteiger partial charge on any atom is -0.309 e. The van der Waals surface area contributed by atoms with E-state index < -0.39 is 10.7 Å². The van der Waals surface area contributed by atoms with Gasteiger partial charge in [-0.25, -0.2) is 4.39 Å². The van der Waals surface area contributed by atoms with Gasteiger partial charge in [0.25, 0.3) is 5.69 Å². The van der Waals surface area contributed by atoms with Crippen molar-refractivity contribution in [2.75, 3.05) is 11.4 Å². The Labute approximate surface area is 103 Å². The summed E-state index contributed by atoms with van der Waals surface area (Å²) in [4.78, 5) is 22.8. The average molecular weight is 250 g/mol. The molecule has 1 aromatic carbocycles. The van der Waals surface area contributed by atoms with Crippen LogP contribution in [0.4, 0.5) is 15.8 Å². The van der Waals surface area contributed by atoms with Crippen molar-refractivity contribution in [2.24, 2.45) is 5.92 Å². The lowest BCUT2D eigenvalue weighted by Crippen LogP contribution is -2.25. The zero-order chi connectivity index (χ0) is 13.3. The van der Waals surface area contributed by atoms with Gasteiger partial charge in [-0.15, -0.1) is 6.58 Å². The zero-order valence-electron chi connectivity index (χ0n) is 9.51. The van der Waals surface area contributed by atoms with E-state index in [1.165, 1.54) is 17.0 Å². The highest BCUT2D eigenvalue weighted by atomic mass is 19.1. The lowest BCUT2D eigenvalue weighted by atomic mass is 10.1. The van der Waals surface area contributed by atoms with Gasteiger partial charge in [-0.1, -0.05) is 6.08 Å². The fourth-order valence-electron chi connectivity index (χ4n) is 1.95. The van der Waals surface area contributed by atoms with Crippen LogP contribution in [-0.4, -0.2) is 17.4 Å². The van der Waals surface area contributed by atoms with E-state index in [4.69, 9.17) is 0 Å². The Kier molecular flexibility index (Phi) is 3.10. The maximum absolute atomic E-state index is 13.7. The molecule has 1 aliphatic rings. The van der Waals surface area contributed by atoms with Gasteiger partial charge in [-0.05, 0) is 6.07 Å². The number of nitrogens with zero attached hydrogens (tertiary/aromatic N) is 2. The molecule has 5 nitrogen and oxygen atoms in total. The summed E-state index contributed by atoms with van der Waals surface area (Å²) < 4.78 is 13.7. The molecule has 2 rings (SSSR count). The molecule has 94 valence electrons. The molecular weight excluding hydrogens is 239 g/mol. The number of carbonyl (C=O) groups is 1. The van der Waals surface area contributed by atoms with Crippen molar-refractivity contribution in [3.8, 4) is 0 Å². The van der Waals surface area contributed by atoms with Crippen LogP contribution in [-0.2, 0) is 4.79 Å². The highest BCUT2D eigenvalue weighted by Crippen LogP contribution is 2.29. The first kappa shape index (κ1) is 12.2. The van der Waals surface area contributed by atoms with Gasteiger partial charge in [0.15, 0.2) is 5.82 Å². The molecule has 0 aromatic heterocycles. The predicted octanol–water partition coefficient (Wildman–Crippen LogP) is 2.27. The summed E-state index contributed by atoms with van der Waals surface area (Å²) in [5.74, 6) is -0.970. The Balaban J connectivity index is 2.32. The summed E-state index contributed by atoms with van der Waals surface area (Å²) in [6.07, 6.45) is 1.95. The number of anilines is 1. The summed E-state index contributed by atoms with van der Waals surface area (Å²) in [6, 6.07) is 3.27. The summed E-state index contributed by atoms with van der Waals surface area (Å²) in [6.45, 7) is 3.96. The van der Waals surface area contributed by atoms with Gasteiger partial charge in [0.05, 0.1) is 16.7 Å². The third-order valence-corrected chi connectivity index (χ3v) is 2.92. The highest BCUT2D eigenvalue weighted by Gasteiger charge is 2.30. The smallest absolute Gasteiger partial charge is 0.272 e. The maximum Gasteiger partial charge on any atom is 0.272 e. The topological polar surface area (TPSA) is 63.5 Å². The van der Waals surface area contributed by atoms with Crippen LogP contribution in [0.3, 0.4) is 0 Å². The van der Waals surface area contributed by atoms with E-state index >= 15 is 0 Å². The minimum atomic E-state index is -0.762. The van der Waals surface area contributed by atoms with Crippen molar-refractivity contribution in [3.05, 3.63) is 46.8 Å². The molecular formula is C12H11FN2O3. The Morgan fingerprint density at radius 2 is 2.28 bits per heavy atom. The van der Waals surface area contributed by atoms with Gasteiger partial charge in [0.2, 0.25) is 5.91 Å². The predicted molar refractivity (Wildman–Crippen MR) is 63.7 cm³/mol. The van der Waals surface area contributed by atoms with Crippen molar-refractivity contribution < 1.29 is 14.1 Å². The number of benzene rings is 1. The van der Waals surface area contributed by atoms with Crippen LogP contribution in [0.15, 0.2) is 30.9 Å². The van der Waals surface area contributed by atoms with Gasteiger partial charge in [0.1, 0.15) is 0 Å². The normalized spacial score (nSPS) is 19.1. The van der Waals surface area contributed by atoms with E-state index in [2.05, 4.69) is 6.58 Å². The fraction of sp³-hybridized carbons (Fsp3) is 0.250. The van der Waals surface area contributed by atoms with Crippen LogP contribution in [0.2, 0.25) is 0 Å². The number of hydrogen-bond donors (Lipinski definition) is 0. The Morgan fingerprint density at radius 3 is 2.78 bits per heavy atom. The molecule has 1 aliphatic heterocycles. The lowest BCUT2D eigenvalue weighted by Gasteiger charge is -2.16. The van der Waals surface area contributed by atoms with Crippen LogP contribution in [0.25, 0.3) is 0 Å². The number of carbonyl (C=O) groups excluding carboxylic acids is 1. The summed E-state index contributed by atoms with van der Waals surface area (Å²) in [5.41, 5.74) is -0.252. The fourth-order valence-corrected chi connectivity index (χ4v) is 1.95. The molecule has 1 heterocycles. The number of rotatable bonds is 3. The van der Waals surface area contributed by atoms with E-state index in [1.807, 2.05) is 0 Å². The molecule has 0 N–H and O–H groups in total. The van der Waals surface area contributed by atoms with Gasteiger partial charge < -0.3 is 4.90 Å². The van der Waals surface area contributed by atoms with Crippen molar-refractivity contribution in [2.45, 2.75) is 6.42 Å². The van der Waals surface area contributed by atoms with Gasteiger partial charge in [-0.3, -0.25) is 14.9 Å². The van der Waals surface area contributed by atoms with Crippen molar-refractivity contribution in [3.63, 3.8) is 0 Å². The van der Waals surface area contributed by atoms with Gasteiger partial charge >= 0.3 is 0 Å². The Morgan fingerprint density at radius 1 is 1.56 bits per heavy atom. The van der Waals surface area contributed by atoms with Gasteiger partial charge in [-0.2, -0.15) is 0 Å².